The number of hydrogen-bond donors (Lipinski definition) is 0. The molecule has 104 valence electrons. The predicted octanol–water partition coefficient (Wildman–Crippen LogP) is -1.56. The van der Waals surface area contributed by atoms with Gasteiger partial charge in [0.1, 0.15) is 0 Å². The van der Waals surface area contributed by atoms with Crippen LogP contribution in [-0.2, 0) is 211 Å². The quantitative estimate of drug-likeness (QED) is 0.249. The smallest absolute Gasteiger partial charge is 2.00 e. The molecule has 0 aliphatic rings. The van der Waals surface area contributed by atoms with Gasteiger partial charge in [-0.15, -0.1) is 0 Å². The maximum atomic E-state index is 0. The molecule has 13 nitrogen and oxygen atoms in total. The number of hydrogen-bond acceptors (Lipinski definition) is 0. The summed E-state index contributed by atoms with van der Waals surface area (Å²) in [7, 11) is 0. The molecule has 0 atom stereocenters. The summed E-state index contributed by atoms with van der Waals surface area (Å²) >= 11 is 0. The van der Waals surface area contributed by atoms with Gasteiger partial charge in [-0.3, -0.25) is 0 Å². The summed E-state index contributed by atoms with van der Waals surface area (Å²) in [6, 6.07) is 0. The molecule has 0 aromatic carbocycles. The van der Waals surface area contributed by atoms with E-state index in [0.29, 0.717) is 0 Å². The first-order chi connectivity index (χ1) is 0. The first-order valence-electron chi connectivity index (χ1n) is 0. The average molecular weight is 1020 g/mol. The van der Waals surface area contributed by atoms with Crippen LogP contribution in [-0.4, -0.2) is 0 Å². The van der Waals surface area contributed by atoms with Crippen molar-refractivity contribution in [2.24, 2.45) is 0 Å². The largest absolute Gasteiger partial charge is 5.00 e. The molecule has 0 radical (unpaired) electrons. The van der Waals surface area contributed by atoms with Gasteiger partial charge < -0.3 is 71.2 Å². The Balaban J connectivity index is 0. The Morgan fingerprint density at radius 3 is 0.211 bits per heavy atom. The molecule has 0 aliphatic carbocycles. The van der Waals surface area contributed by atoms with Crippen molar-refractivity contribution >= 4 is 0 Å². The molecule has 19 heavy (non-hydrogen) atoms. The van der Waals surface area contributed by atoms with Crippen molar-refractivity contribution in [3.05, 3.63) is 0 Å². The summed E-state index contributed by atoms with van der Waals surface area (Å²) < 4.78 is 0. The maximum Gasteiger partial charge on any atom is 5.00 e. The van der Waals surface area contributed by atoms with Gasteiger partial charge in [0.25, 0.3) is 0 Å². The summed E-state index contributed by atoms with van der Waals surface area (Å²) in [6.07, 6.45) is 0. The second kappa shape index (κ2) is 579. The van der Waals surface area contributed by atoms with Crippen molar-refractivity contribution in [1.29, 1.82) is 0 Å². The Kier molecular flexibility index (Phi) is 20300. The van der Waals surface area contributed by atoms with Gasteiger partial charge in [0.05, 0.1) is 0 Å². The first kappa shape index (κ1) is 664. The Morgan fingerprint density at radius 1 is 0.211 bits per heavy atom. The third-order valence-corrected chi connectivity index (χ3v) is 0. The van der Waals surface area contributed by atoms with Crippen molar-refractivity contribution in [3.8, 4) is 0 Å². The van der Waals surface area contributed by atoms with E-state index in [1.807, 2.05) is 0 Å². The van der Waals surface area contributed by atoms with Gasteiger partial charge in [-0.1, -0.05) is 0 Å². The van der Waals surface area contributed by atoms with E-state index in [2.05, 4.69) is 0 Å². The van der Waals surface area contributed by atoms with Gasteiger partial charge >= 0.3 is 140 Å². The third-order valence-electron chi connectivity index (χ3n) is 0. The topological polar surface area (TPSA) is 370 Å². The molecule has 0 saturated heterocycles. The van der Waals surface area contributed by atoms with E-state index in [1.54, 1.807) is 0 Å². The summed E-state index contributed by atoms with van der Waals surface area (Å²) in [4.78, 5) is 0. The predicted molar refractivity (Wildman–Crippen MR) is 8.92 cm³/mol. The van der Waals surface area contributed by atoms with Gasteiger partial charge in [-0.25, -0.2) is 0 Å². The molecule has 0 rings (SSSR count). The molecule has 0 spiro atoms. The molecule has 0 amide bonds. The van der Waals surface area contributed by atoms with Gasteiger partial charge in [-0.2, -0.15) is 0 Å². The molecular weight excluding hydrogens is 1020 g/mol. The minimum atomic E-state index is 0. The SMILES string of the molecule is [Hf+4].[Hf+4].[O-2].[O-2].[O-2].[O-2].[O-2].[O-2].[O-2].[O-2].[O-2].[O-2].[O-2].[O-2].[O-2].[Ta+5].[Ta+5].[Ti+4].[Ti+4]. The Labute approximate surface area is 208 Å². The zero-order valence-corrected chi connectivity index (χ0v) is 24.9. The fraction of sp³-hybridized carbons (Fsp3) is 0. The van der Waals surface area contributed by atoms with Crippen LogP contribution in [0.2, 0.25) is 0 Å². The van der Waals surface area contributed by atoms with Crippen molar-refractivity contribution in [2.75, 3.05) is 0 Å². The summed E-state index contributed by atoms with van der Waals surface area (Å²) in [5, 5.41) is 0. The molecule has 0 N–H and O–H groups in total. The van der Waals surface area contributed by atoms with E-state index in [1.165, 1.54) is 0 Å². The molecule has 0 aliphatic heterocycles. The van der Waals surface area contributed by atoms with Crippen LogP contribution in [0.15, 0.2) is 0 Å². The number of rotatable bonds is 0. The Morgan fingerprint density at radius 2 is 0.211 bits per heavy atom. The van der Waals surface area contributed by atoms with E-state index < -0.39 is 0 Å². The monoisotopic (exact) mass is 1030 g/mol. The molecule has 0 aromatic rings. The molecule has 0 heterocycles. The van der Waals surface area contributed by atoms with E-state index in [9.17, 15) is 0 Å². The molecular formula is Hf2O13Ta2Ti2. The fourth-order valence-electron chi connectivity index (χ4n) is 0. The van der Waals surface area contributed by atoms with Crippen molar-refractivity contribution in [1.82, 2.24) is 0 Å². The summed E-state index contributed by atoms with van der Waals surface area (Å²) in [6.45, 7) is 0. The van der Waals surface area contributed by atoms with Crippen LogP contribution < -0.4 is 0 Å². The fourth-order valence-corrected chi connectivity index (χ4v) is 0. The second-order valence-corrected chi connectivity index (χ2v) is 0. The molecule has 0 bridgehead atoms. The maximum absolute atomic E-state index is 0. The average Bonchev–Trinajstić information content (AvgIpc) is 0. The van der Waals surface area contributed by atoms with Gasteiger partial charge in [0.15, 0.2) is 0 Å². The molecule has 0 saturated carbocycles. The van der Waals surface area contributed by atoms with Gasteiger partial charge in [0.2, 0.25) is 0 Å². The van der Waals surface area contributed by atoms with Crippen LogP contribution in [0.1, 0.15) is 0 Å². The zero-order chi connectivity index (χ0) is 0. The zero-order valence-electron chi connectivity index (χ0n) is 8.20. The van der Waals surface area contributed by atoms with Crippen molar-refractivity contribution in [3.63, 3.8) is 0 Å². The summed E-state index contributed by atoms with van der Waals surface area (Å²) in [5.74, 6) is 0. The molecule has 0 fully saturated rings. The molecule has 0 unspecified atom stereocenters. The van der Waals surface area contributed by atoms with E-state index >= 15 is 0 Å². The first-order valence-corrected chi connectivity index (χ1v) is 0. The summed E-state index contributed by atoms with van der Waals surface area (Å²) in [5.41, 5.74) is 0. The van der Waals surface area contributed by atoms with Gasteiger partial charge in [-0.05, 0) is 0 Å². The third kappa shape index (κ3) is 526. The molecule has 0 aromatic heterocycles. The minimum Gasteiger partial charge on any atom is -2.00 e. The molecule has 19 heteroatoms. The van der Waals surface area contributed by atoms with Crippen molar-refractivity contribution in [2.45, 2.75) is 0 Å². The van der Waals surface area contributed by atoms with Crippen LogP contribution in [0, 0.1) is 0 Å². The van der Waals surface area contributed by atoms with E-state index in [-0.39, 0.29) is 211 Å². The van der Waals surface area contributed by atoms with Crippen LogP contribution in [0.25, 0.3) is 0 Å². The Bertz CT molecular complexity index is 26.6. The standard InChI is InChI=1S/2Hf.13O.2Ta.2Ti/q2*+4;13*-2;2*+5;2*+4. The Hall–Kier alpha value is 4.13. The van der Waals surface area contributed by atoms with Crippen LogP contribution >= 0.6 is 0 Å². The minimum absolute atomic E-state index is 0. The van der Waals surface area contributed by atoms with E-state index in [4.69, 9.17) is 0 Å². The van der Waals surface area contributed by atoms with Crippen LogP contribution in [0.3, 0.4) is 0 Å². The second-order valence-electron chi connectivity index (χ2n) is 0. The van der Waals surface area contributed by atoms with Gasteiger partial charge in [0, 0.05) is 0 Å². The normalized spacial score (nSPS) is 0. The van der Waals surface area contributed by atoms with Crippen LogP contribution in [0.4, 0.5) is 0 Å². The van der Waals surface area contributed by atoms with Crippen molar-refractivity contribution < 1.29 is 211 Å². The van der Waals surface area contributed by atoms with Crippen LogP contribution in [0.5, 0.6) is 0 Å². The van der Waals surface area contributed by atoms with E-state index in [0.717, 1.165) is 0 Å².